The van der Waals surface area contributed by atoms with Crippen LogP contribution < -0.4 is 10.1 Å². The molecule has 0 bridgehead atoms. The molecule has 120 valence electrons. The summed E-state index contributed by atoms with van der Waals surface area (Å²) in [6.45, 7) is 4.11. The molecular weight excluding hydrogens is 312 g/mol. The Morgan fingerprint density at radius 3 is 2.96 bits per heavy atom. The molecule has 0 aliphatic carbocycles. The zero-order valence-corrected chi connectivity index (χ0v) is 14.1. The number of benzene rings is 1. The van der Waals surface area contributed by atoms with Crippen LogP contribution in [-0.2, 0) is 6.42 Å². The number of aromatic nitrogens is 3. The Morgan fingerprint density at radius 1 is 1.35 bits per heavy atom. The number of rotatable bonds is 6. The smallest absolute Gasteiger partial charge is 0.322 e. The average molecular weight is 330 g/mol. The fourth-order valence-electron chi connectivity index (χ4n) is 2.11. The van der Waals surface area contributed by atoms with E-state index in [9.17, 15) is 0 Å². The fourth-order valence-corrected chi connectivity index (χ4v) is 2.95. The first-order valence-electron chi connectivity index (χ1n) is 7.38. The summed E-state index contributed by atoms with van der Waals surface area (Å²) in [6, 6.07) is 7.92. The molecule has 6 nitrogen and oxygen atoms in total. The first-order valence-corrected chi connectivity index (χ1v) is 8.26. The molecule has 0 amide bonds. The molecule has 1 atom stereocenters. The van der Waals surface area contributed by atoms with Crippen LogP contribution >= 0.6 is 11.3 Å². The van der Waals surface area contributed by atoms with E-state index >= 15 is 0 Å². The monoisotopic (exact) mass is 330 g/mol. The maximum absolute atomic E-state index is 5.28. The SMILES string of the molecule is CCc1nc(C(C)Nc2nc(-c3cccc(OC)c3)no2)cs1. The van der Waals surface area contributed by atoms with Crippen molar-refractivity contribution < 1.29 is 9.26 Å². The number of hydrogen-bond donors (Lipinski definition) is 1. The molecule has 0 saturated carbocycles. The van der Waals surface area contributed by atoms with Gasteiger partial charge in [0.2, 0.25) is 5.82 Å². The zero-order valence-electron chi connectivity index (χ0n) is 13.2. The lowest BCUT2D eigenvalue weighted by Crippen LogP contribution is -2.07. The van der Waals surface area contributed by atoms with Gasteiger partial charge < -0.3 is 14.6 Å². The first-order chi connectivity index (χ1) is 11.2. The van der Waals surface area contributed by atoms with Crippen molar-refractivity contribution in [1.29, 1.82) is 0 Å². The second-order valence-electron chi connectivity index (χ2n) is 5.04. The highest BCUT2D eigenvalue weighted by molar-refractivity contribution is 7.09. The minimum Gasteiger partial charge on any atom is -0.497 e. The van der Waals surface area contributed by atoms with Gasteiger partial charge in [-0.1, -0.05) is 24.2 Å². The number of nitrogens with one attached hydrogen (secondary N) is 1. The molecule has 1 unspecified atom stereocenters. The quantitative estimate of drug-likeness (QED) is 0.738. The van der Waals surface area contributed by atoms with Crippen LogP contribution in [0.1, 0.15) is 30.6 Å². The number of thiazole rings is 1. The van der Waals surface area contributed by atoms with Crippen molar-refractivity contribution in [2.24, 2.45) is 0 Å². The number of ether oxygens (including phenoxy) is 1. The van der Waals surface area contributed by atoms with E-state index in [1.807, 2.05) is 31.2 Å². The molecule has 2 heterocycles. The highest BCUT2D eigenvalue weighted by Crippen LogP contribution is 2.24. The topological polar surface area (TPSA) is 73.1 Å². The van der Waals surface area contributed by atoms with E-state index in [0.717, 1.165) is 28.4 Å². The summed E-state index contributed by atoms with van der Waals surface area (Å²) >= 11 is 1.66. The summed E-state index contributed by atoms with van der Waals surface area (Å²) in [5.74, 6) is 1.27. The maximum Gasteiger partial charge on any atom is 0.322 e. The van der Waals surface area contributed by atoms with Crippen molar-refractivity contribution >= 4 is 17.4 Å². The van der Waals surface area contributed by atoms with Crippen LogP contribution in [0.5, 0.6) is 5.75 Å². The first kappa shape index (κ1) is 15.5. The molecule has 0 aliphatic heterocycles. The second kappa shape index (κ2) is 6.78. The Kier molecular flexibility index (Phi) is 4.57. The molecule has 1 aromatic carbocycles. The summed E-state index contributed by atoms with van der Waals surface area (Å²) in [7, 11) is 1.63. The Morgan fingerprint density at radius 2 is 2.22 bits per heavy atom. The van der Waals surface area contributed by atoms with Crippen LogP contribution in [0.3, 0.4) is 0 Å². The molecule has 1 N–H and O–H groups in total. The fraction of sp³-hybridized carbons (Fsp3) is 0.312. The van der Waals surface area contributed by atoms with Crippen LogP contribution in [-0.4, -0.2) is 22.2 Å². The van der Waals surface area contributed by atoms with Gasteiger partial charge in [-0.05, 0) is 25.5 Å². The third-order valence-electron chi connectivity index (χ3n) is 3.41. The zero-order chi connectivity index (χ0) is 16.2. The van der Waals surface area contributed by atoms with Crippen molar-refractivity contribution in [3.63, 3.8) is 0 Å². The third kappa shape index (κ3) is 3.50. The Hall–Kier alpha value is -2.41. The van der Waals surface area contributed by atoms with E-state index in [-0.39, 0.29) is 6.04 Å². The number of methoxy groups -OCH3 is 1. The molecular formula is C16H18N4O2S. The number of anilines is 1. The van der Waals surface area contributed by atoms with Crippen molar-refractivity contribution in [3.05, 3.63) is 40.3 Å². The van der Waals surface area contributed by atoms with Gasteiger partial charge in [0.05, 0.1) is 23.9 Å². The summed E-state index contributed by atoms with van der Waals surface area (Å²) in [4.78, 5) is 8.94. The van der Waals surface area contributed by atoms with Crippen LogP contribution in [0.25, 0.3) is 11.4 Å². The maximum atomic E-state index is 5.28. The molecule has 0 spiro atoms. The van der Waals surface area contributed by atoms with E-state index < -0.39 is 0 Å². The summed E-state index contributed by atoms with van der Waals surface area (Å²) in [5.41, 5.74) is 1.82. The molecule has 3 aromatic rings. The molecule has 0 saturated heterocycles. The van der Waals surface area contributed by atoms with Crippen LogP contribution in [0.4, 0.5) is 6.01 Å². The standard InChI is InChI=1S/C16H18N4O2S/c1-4-14-18-13(9-23-14)10(2)17-16-19-15(20-22-16)11-6-5-7-12(8-11)21-3/h5-10H,4H2,1-3H3,(H,17,19,20). The largest absolute Gasteiger partial charge is 0.497 e. The van der Waals surface area contributed by atoms with Gasteiger partial charge in [-0.2, -0.15) is 4.98 Å². The molecule has 2 aromatic heterocycles. The molecule has 0 aliphatic rings. The van der Waals surface area contributed by atoms with Gasteiger partial charge in [-0.3, -0.25) is 0 Å². The predicted octanol–water partition coefficient (Wildman–Crippen LogP) is 3.94. The van der Waals surface area contributed by atoms with Gasteiger partial charge in [0.15, 0.2) is 0 Å². The highest BCUT2D eigenvalue weighted by Gasteiger charge is 2.14. The Bertz CT molecular complexity index is 784. The van der Waals surface area contributed by atoms with Gasteiger partial charge in [0, 0.05) is 10.9 Å². The lowest BCUT2D eigenvalue weighted by molar-refractivity contribution is 0.414. The van der Waals surface area contributed by atoms with E-state index in [4.69, 9.17) is 9.26 Å². The Balaban J connectivity index is 1.73. The molecule has 0 radical (unpaired) electrons. The highest BCUT2D eigenvalue weighted by atomic mass is 32.1. The molecule has 23 heavy (non-hydrogen) atoms. The van der Waals surface area contributed by atoms with Crippen molar-refractivity contribution in [3.8, 4) is 17.1 Å². The third-order valence-corrected chi connectivity index (χ3v) is 4.42. The lowest BCUT2D eigenvalue weighted by Gasteiger charge is -2.07. The summed E-state index contributed by atoms with van der Waals surface area (Å²) < 4.78 is 10.5. The van der Waals surface area contributed by atoms with Gasteiger partial charge >= 0.3 is 6.01 Å². The number of aryl methyl sites for hydroxylation is 1. The van der Waals surface area contributed by atoms with Crippen molar-refractivity contribution in [2.45, 2.75) is 26.3 Å². The summed E-state index contributed by atoms with van der Waals surface area (Å²) in [5, 5.41) is 10.4. The average Bonchev–Trinajstić information content (AvgIpc) is 3.24. The lowest BCUT2D eigenvalue weighted by atomic mass is 10.2. The molecule has 7 heteroatoms. The van der Waals surface area contributed by atoms with Crippen LogP contribution in [0.2, 0.25) is 0 Å². The van der Waals surface area contributed by atoms with E-state index in [0.29, 0.717) is 11.8 Å². The second-order valence-corrected chi connectivity index (χ2v) is 5.98. The van der Waals surface area contributed by atoms with E-state index in [1.54, 1.807) is 18.4 Å². The van der Waals surface area contributed by atoms with Crippen LogP contribution in [0, 0.1) is 0 Å². The minimum absolute atomic E-state index is 0.00478. The van der Waals surface area contributed by atoms with E-state index in [1.165, 1.54) is 0 Å². The van der Waals surface area contributed by atoms with Gasteiger partial charge in [0.25, 0.3) is 0 Å². The minimum atomic E-state index is 0.00478. The number of hydrogen-bond acceptors (Lipinski definition) is 7. The molecule has 3 rings (SSSR count). The summed E-state index contributed by atoms with van der Waals surface area (Å²) in [6.07, 6.45) is 0.942. The predicted molar refractivity (Wildman–Crippen MR) is 89.8 cm³/mol. The Labute approximate surface area is 138 Å². The van der Waals surface area contributed by atoms with Crippen molar-refractivity contribution in [1.82, 2.24) is 15.1 Å². The van der Waals surface area contributed by atoms with Gasteiger partial charge in [-0.15, -0.1) is 11.3 Å². The van der Waals surface area contributed by atoms with Gasteiger partial charge in [-0.25, -0.2) is 4.98 Å². The van der Waals surface area contributed by atoms with E-state index in [2.05, 4.69) is 32.7 Å². The molecule has 0 fully saturated rings. The van der Waals surface area contributed by atoms with Gasteiger partial charge in [0.1, 0.15) is 5.75 Å². The van der Waals surface area contributed by atoms with Crippen LogP contribution in [0.15, 0.2) is 34.2 Å². The number of nitrogens with zero attached hydrogens (tertiary/aromatic N) is 3. The normalized spacial score (nSPS) is 12.1. The van der Waals surface area contributed by atoms with Crippen molar-refractivity contribution in [2.75, 3.05) is 12.4 Å².